The zero-order valence-corrected chi connectivity index (χ0v) is 7.20. The van der Waals surface area contributed by atoms with Crippen LogP contribution in [0.4, 0.5) is 0 Å². The van der Waals surface area contributed by atoms with Crippen molar-refractivity contribution in [2.24, 2.45) is 0 Å². The average molecular weight is 165 g/mol. The van der Waals surface area contributed by atoms with Crippen molar-refractivity contribution in [3.8, 4) is 5.88 Å². The summed E-state index contributed by atoms with van der Waals surface area (Å²) in [4.78, 5) is 4.00. The number of rotatable bonds is 3. The number of ether oxygens (including phenoxy) is 2. The monoisotopic (exact) mass is 165 g/mol. The van der Waals surface area contributed by atoms with Gasteiger partial charge in [0.1, 0.15) is 5.76 Å². The molecule has 64 valence electrons. The first-order chi connectivity index (χ1) is 5.77. The Labute approximate surface area is 71.6 Å². The number of nitrogens with zero attached hydrogens (tertiary/aromatic N) is 1. The first-order valence-corrected chi connectivity index (χ1v) is 3.51. The molecule has 0 unspecified atom stereocenters. The summed E-state index contributed by atoms with van der Waals surface area (Å²) in [6.45, 7) is 3.70. The molecule has 12 heavy (non-hydrogen) atoms. The molecule has 0 atom stereocenters. The van der Waals surface area contributed by atoms with Crippen molar-refractivity contribution in [3.05, 3.63) is 30.5 Å². The molecule has 0 aliphatic carbocycles. The number of aromatic nitrogens is 1. The minimum atomic E-state index is 0.586. The Morgan fingerprint density at radius 2 is 2.17 bits per heavy atom. The molecule has 0 amide bonds. The third kappa shape index (κ3) is 1.75. The maximum absolute atomic E-state index is 4.93. The van der Waals surface area contributed by atoms with E-state index in [2.05, 4.69) is 11.6 Å². The van der Waals surface area contributed by atoms with Gasteiger partial charge in [-0.25, -0.2) is 4.98 Å². The highest BCUT2D eigenvalue weighted by molar-refractivity contribution is 5.56. The minimum absolute atomic E-state index is 0.586. The topological polar surface area (TPSA) is 31.4 Å². The Balaban J connectivity index is 2.84. The summed E-state index contributed by atoms with van der Waals surface area (Å²) in [5.74, 6) is 1.19. The van der Waals surface area contributed by atoms with Crippen LogP contribution in [0, 0.1) is 0 Å². The molecule has 1 heterocycles. The van der Waals surface area contributed by atoms with Crippen LogP contribution in [0.5, 0.6) is 5.88 Å². The Hall–Kier alpha value is -1.51. The number of hydrogen-bond acceptors (Lipinski definition) is 3. The van der Waals surface area contributed by atoms with E-state index in [1.54, 1.807) is 26.5 Å². The van der Waals surface area contributed by atoms with Gasteiger partial charge in [0.05, 0.1) is 14.2 Å². The van der Waals surface area contributed by atoms with E-state index in [0.29, 0.717) is 11.6 Å². The van der Waals surface area contributed by atoms with E-state index in [1.807, 2.05) is 6.07 Å². The zero-order valence-electron chi connectivity index (χ0n) is 7.20. The van der Waals surface area contributed by atoms with Gasteiger partial charge >= 0.3 is 0 Å². The van der Waals surface area contributed by atoms with Crippen LogP contribution in [0.3, 0.4) is 0 Å². The van der Waals surface area contributed by atoms with Crippen molar-refractivity contribution in [2.75, 3.05) is 14.2 Å². The van der Waals surface area contributed by atoms with Crippen LogP contribution in [0.15, 0.2) is 24.9 Å². The molecular formula is C9H11NO2. The normalized spacial score (nSPS) is 9.17. The Bertz CT molecular complexity index is 266. The van der Waals surface area contributed by atoms with Crippen LogP contribution in [0.25, 0.3) is 5.76 Å². The molecular weight excluding hydrogens is 154 g/mol. The van der Waals surface area contributed by atoms with Crippen molar-refractivity contribution in [1.29, 1.82) is 0 Å². The van der Waals surface area contributed by atoms with Gasteiger partial charge in [0.2, 0.25) is 5.88 Å². The third-order valence-electron chi connectivity index (χ3n) is 1.51. The van der Waals surface area contributed by atoms with E-state index >= 15 is 0 Å². The summed E-state index contributed by atoms with van der Waals surface area (Å²) in [7, 11) is 3.15. The second-order valence-electron chi connectivity index (χ2n) is 2.22. The second-order valence-corrected chi connectivity index (χ2v) is 2.22. The summed E-state index contributed by atoms with van der Waals surface area (Å²) < 4.78 is 9.84. The predicted octanol–water partition coefficient (Wildman–Crippen LogP) is 1.71. The molecule has 0 saturated heterocycles. The Morgan fingerprint density at radius 3 is 2.58 bits per heavy atom. The Kier molecular flexibility index (Phi) is 2.69. The lowest BCUT2D eigenvalue weighted by Gasteiger charge is -2.03. The van der Waals surface area contributed by atoms with Gasteiger partial charge in [0.25, 0.3) is 0 Å². The van der Waals surface area contributed by atoms with E-state index in [0.717, 1.165) is 5.56 Å². The van der Waals surface area contributed by atoms with Crippen molar-refractivity contribution in [1.82, 2.24) is 4.98 Å². The lowest BCUT2D eigenvalue weighted by Crippen LogP contribution is -1.90. The van der Waals surface area contributed by atoms with Crippen molar-refractivity contribution in [2.45, 2.75) is 0 Å². The highest BCUT2D eigenvalue weighted by Gasteiger charge is 1.98. The van der Waals surface area contributed by atoms with Gasteiger partial charge in [-0.1, -0.05) is 6.58 Å². The molecule has 0 aromatic carbocycles. The highest BCUT2D eigenvalue weighted by atomic mass is 16.5. The van der Waals surface area contributed by atoms with Crippen LogP contribution in [-0.2, 0) is 4.74 Å². The average Bonchev–Trinajstić information content (AvgIpc) is 2.17. The minimum Gasteiger partial charge on any atom is -0.497 e. The third-order valence-corrected chi connectivity index (χ3v) is 1.51. The summed E-state index contributed by atoms with van der Waals surface area (Å²) in [5.41, 5.74) is 0.860. The van der Waals surface area contributed by atoms with Crippen LogP contribution >= 0.6 is 0 Å². The number of hydrogen-bond donors (Lipinski definition) is 0. The van der Waals surface area contributed by atoms with Crippen molar-refractivity contribution < 1.29 is 9.47 Å². The summed E-state index contributed by atoms with van der Waals surface area (Å²) in [6, 6.07) is 3.61. The molecule has 0 aliphatic heterocycles. The molecule has 3 nitrogen and oxygen atoms in total. The van der Waals surface area contributed by atoms with Gasteiger partial charge in [-0.2, -0.15) is 0 Å². The Morgan fingerprint density at radius 1 is 1.42 bits per heavy atom. The lowest BCUT2D eigenvalue weighted by atomic mass is 10.2. The summed E-state index contributed by atoms with van der Waals surface area (Å²) in [6.07, 6.45) is 1.66. The molecule has 1 aromatic rings. The highest BCUT2D eigenvalue weighted by Crippen LogP contribution is 2.13. The fourth-order valence-electron chi connectivity index (χ4n) is 0.784. The van der Waals surface area contributed by atoms with Crippen LogP contribution in [0.2, 0.25) is 0 Å². The van der Waals surface area contributed by atoms with Gasteiger partial charge in [-0.15, -0.1) is 0 Å². The fraction of sp³-hybridized carbons (Fsp3) is 0.222. The fourth-order valence-corrected chi connectivity index (χ4v) is 0.784. The number of methoxy groups -OCH3 is 2. The van der Waals surface area contributed by atoms with E-state index < -0.39 is 0 Å². The summed E-state index contributed by atoms with van der Waals surface area (Å²) >= 11 is 0. The van der Waals surface area contributed by atoms with E-state index in [9.17, 15) is 0 Å². The quantitative estimate of drug-likeness (QED) is 0.639. The molecule has 0 radical (unpaired) electrons. The zero-order chi connectivity index (χ0) is 8.97. The van der Waals surface area contributed by atoms with E-state index in [1.165, 1.54) is 0 Å². The summed E-state index contributed by atoms with van der Waals surface area (Å²) in [5, 5.41) is 0. The van der Waals surface area contributed by atoms with E-state index in [-0.39, 0.29) is 0 Å². The molecule has 0 bridgehead atoms. The molecule has 0 spiro atoms. The van der Waals surface area contributed by atoms with E-state index in [4.69, 9.17) is 9.47 Å². The van der Waals surface area contributed by atoms with Gasteiger partial charge < -0.3 is 9.47 Å². The molecule has 0 N–H and O–H groups in total. The van der Waals surface area contributed by atoms with Gasteiger partial charge in [0.15, 0.2) is 0 Å². The lowest BCUT2D eigenvalue weighted by molar-refractivity contribution is 0.370. The smallest absolute Gasteiger partial charge is 0.212 e. The van der Waals surface area contributed by atoms with Crippen LogP contribution in [0.1, 0.15) is 5.56 Å². The molecule has 1 rings (SSSR count). The van der Waals surface area contributed by atoms with Gasteiger partial charge in [-0.3, -0.25) is 0 Å². The molecule has 1 aromatic heterocycles. The molecule has 3 heteroatoms. The number of pyridine rings is 1. The molecule has 0 aliphatic rings. The first-order valence-electron chi connectivity index (χ1n) is 3.51. The SMILES string of the molecule is C=C(OC)c1ccc(OC)nc1. The van der Waals surface area contributed by atoms with Crippen molar-refractivity contribution >= 4 is 5.76 Å². The largest absolute Gasteiger partial charge is 0.497 e. The van der Waals surface area contributed by atoms with Gasteiger partial charge in [0, 0.05) is 17.8 Å². The molecule has 0 saturated carbocycles. The standard InChI is InChI=1S/C9H11NO2/c1-7(11-2)8-4-5-9(12-3)10-6-8/h4-6H,1H2,2-3H3. The first kappa shape index (κ1) is 8.59. The van der Waals surface area contributed by atoms with Crippen molar-refractivity contribution in [3.63, 3.8) is 0 Å². The van der Waals surface area contributed by atoms with Crippen LogP contribution < -0.4 is 4.74 Å². The molecule has 0 fully saturated rings. The maximum atomic E-state index is 4.93. The predicted molar refractivity (Wildman–Crippen MR) is 46.8 cm³/mol. The maximum Gasteiger partial charge on any atom is 0.212 e. The van der Waals surface area contributed by atoms with Gasteiger partial charge in [-0.05, 0) is 6.07 Å². The second kappa shape index (κ2) is 3.76. The van der Waals surface area contributed by atoms with Crippen LogP contribution in [-0.4, -0.2) is 19.2 Å².